The molecule has 0 aliphatic rings. The molecule has 0 spiro atoms. The maximum absolute atomic E-state index is 11.9. The largest absolute Gasteiger partial charge is 0.355 e. The normalized spacial score (nSPS) is 11.0. The molecule has 4 rings (SSSR count). The lowest BCUT2D eigenvalue weighted by Crippen LogP contribution is -2.28. The molecule has 156 valence electrons. The highest BCUT2D eigenvalue weighted by Crippen LogP contribution is 2.19. The van der Waals surface area contributed by atoms with E-state index in [1.807, 2.05) is 84.9 Å². The van der Waals surface area contributed by atoms with Crippen molar-refractivity contribution in [1.82, 2.24) is 10.9 Å². The molecule has 5 nitrogen and oxygen atoms in total. The molecule has 0 saturated carbocycles. The number of carbonyl (C=O) groups is 1. The summed E-state index contributed by atoms with van der Waals surface area (Å²) in [4.78, 5) is 11.9. The van der Waals surface area contributed by atoms with Crippen LogP contribution >= 0.6 is 0 Å². The van der Waals surface area contributed by atoms with Gasteiger partial charge >= 0.3 is 6.03 Å². The minimum Gasteiger partial charge on any atom is -0.245 e. The van der Waals surface area contributed by atoms with Crippen molar-refractivity contribution in [3.8, 4) is 22.3 Å². The van der Waals surface area contributed by atoms with Gasteiger partial charge in [-0.2, -0.15) is 10.2 Å². The molecular formula is C27H22N4O. The van der Waals surface area contributed by atoms with E-state index >= 15 is 0 Å². The molecule has 2 amide bonds. The molecule has 0 saturated heterocycles. The Morgan fingerprint density at radius 3 is 1.22 bits per heavy atom. The molecule has 2 N–H and O–H groups in total. The number of rotatable bonds is 6. The van der Waals surface area contributed by atoms with Gasteiger partial charge in [0.25, 0.3) is 0 Å². The smallest absolute Gasteiger partial charge is 0.245 e. The number of hydrogen-bond acceptors (Lipinski definition) is 3. The monoisotopic (exact) mass is 418 g/mol. The van der Waals surface area contributed by atoms with E-state index in [-0.39, 0.29) is 0 Å². The van der Waals surface area contributed by atoms with Crippen LogP contribution in [0.5, 0.6) is 0 Å². The third-order valence-corrected chi connectivity index (χ3v) is 4.80. The number of nitrogens with one attached hydrogen (secondary N) is 2. The molecule has 0 fully saturated rings. The van der Waals surface area contributed by atoms with E-state index < -0.39 is 6.03 Å². The van der Waals surface area contributed by atoms with Crippen LogP contribution < -0.4 is 10.9 Å². The Labute approximate surface area is 187 Å². The lowest BCUT2D eigenvalue weighted by molar-refractivity contribution is 0.242. The van der Waals surface area contributed by atoms with Gasteiger partial charge in [0.15, 0.2) is 0 Å². The average Bonchev–Trinajstić information content (AvgIpc) is 2.86. The summed E-state index contributed by atoms with van der Waals surface area (Å²) >= 11 is 0. The van der Waals surface area contributed by atoms with Gasteiger partial charge in [0.05, 0.1) is 12.4 Å². The van der Waals surface area contributed by atoms with E-state index in [2.05, 4.69) is 45.3 Å². The minimum atomic E-state index is -0.515. The minimum absolute atomic E-state index is 0.515. The molecule has 0 aliphatic heterocycles. The molecule has 4 aromatic rings. The van der Waals surface area contributed by atoms with Gasteiger partial charge in [-0.15, -0.1) is 0 Å². The average molecular weight is 419 g/mol. The van der Waals surface area contributed by atoms with Crippen LogP contribution in [0, 0.1) is 0 Å². The van der Waals surface area contributed by atoms with E-state index in [4.69, 9.17) is 0 Å². The lowest BCUT2D eigenvalue weighted by Gasteiger charge is -2.02. The molecule has 0 aliphatic carbocycles. The Kier molecular flexibility index (Phi) is 6.81. The number of benzene rings is 4. The van der Waals surface area contributed by atoms with Crippen LogP contribution in [0.3, 0.4) is 0 Å². The van der Waals surface area contributed by atoms with Crippen molar-refractivity contribution >= 4 is 18.5 Å². The fraction of sp³-hybridized carbons (Fsp3) is 0. The second kappa shape index (κ2) is 10.5. The Morgan fingerprint density at radius 1 is 0.500 bits per heavy atom. The third kappa shape index (κ3) is 5.77. The number of carbonyl (C=O) groups excluding carboxylic acids is 1. The Bertz CT molecular complexity index is 1100. The summed E-state index contributed by atoms with van der Waals surface area (Å²) < 4.78 is 0. The molecule has 0 bridgehead atoms. The Balaban J connectivity index is 1.25. The number of amides is 2. The summed E-state index contributed by atoms with van der Waals surface area (Å²) in [7, 11) is 0. The molecular weight excluding hydrogens is 396 g/mol. The standard InChI is InChI=1S/C27H22N4O/c32-27(30-28-19-21-11-15-25(16-12-21)23-7-3-1-4-8-23)31-29-20-22-13-17-26(18-14-22)24-9-5-2-6-10-24/h1-20H,(H2,30,31,32)/b28-19+,29-20?. The summed E-state index contributed by atoms with van der Waals surface area (Å²) in [6.07, 6.45) is 3.17. The van der Waals surface area contributed by atoms with Gasteiger partial charge in [-0.3, -0.25) is 0 Å². The highest BCUT2D eigenvalue weighted by atomic mass is 16.2. The first-order valence-electron chi connectivity index (χ1n) is 10.2. The van der Waals surface area contributed by atoms with Crippen LogP contribution in [0.4, 0.5) is 4.79 Å². The summed E-state index contributed by atoms with van der Waals surface area (Å²) in [6, 6.07) is 35.6. The van der Waals surface area contributed by atoms with E-state index in [0.717, 1.165) is 33.4 Å². The van der Waals surface area contributed by atoms with Crippen molar-refractivity contribution in [3.05, 3.63) is 120 Å². The second-order valence-electron chi connectivity index (χ2n) is 7.05. The zero-order valence-corrected chi connectivity index (χ0v) is 17.3. The summed E-state index contributed by atoms with van der Waals surface area (Å²) in [5, 5.41) is 7.91. The predicted molar refractivity (Wildman–Crippen MR) is 131 cm³/mol. The molecule has 0 unspecified atom stereocenters. The number of urea groups is 1. The number of hydrazone groups is 2. The maximum Gasteiger partial charge on any atom is 0.355 e. The van der Waals surface area contributed by atoms with E-state index in [0.29, 0.717) is 0 Å². The Morgan fingerprint density at radius 2 is 0.844 bits per heavy atom. The lowest BCUT2D eigenvalue weighted by atomic mass is 10.0. The van der Waals surface area contributed by atoms with Crippen LogP contribution in [0.1, 0.15) is 11.1 Å². The molecule has 32 heavy (non-hydrogen) atoms. The fourth-order valence-corrected chi connectivity index (χ4v) is 3.14. The van der Waals surface area contributed by atoms with Gasteiger partial charge < -0.3 is 0 Å². The van der Waals surface area contributed by atoms with Crippen molar-refractivity contribution in [1.29, 1.82) is 0 Å². The first kappa shape index (κ1) is 20.8. The van der Waals surface area contributed by atoms with Crippen molar-refractivity contribution in [3.63, 3.8) is 0 Å². The van der Waals surface area contributed by atoms with Crippen LogP contribution in [0.25, 0.3) is 22.3 Å². The number of hydrogen-bond donors (Lipinski definition) is 2. The highest BCUT2D eigenvalue weighted by molar-refractivity contribution is 5.84. The molecule has 4 aromatic carbocycles. The fourth-order valence-electron chi connectivity index (χ4n) is 3.14. The summed E-state index contributed by atoms with van der Waals surface area (Å²) in [5.41, 5.74) is 11.1. The first-order chi connectivity index (χ1) is 15.8. The van der Waals surface area contributed by atoms with Gasteiger partial charge in [-0.05, 0) is 33.4 Å². The van der Waals surface area contributed by atoms with Crippen LogP contribution in [0.2, 0.25) is 0 Å². The van der Waals surface area contributed by atoms with Crippen molar-refractivity contribution in [2.24, 2.45) is 10.2 Å². The molecule has 5 heteroatoms. The second-order valence-corrected chi connectivity index (χ2v) is 7.05. The van der Waals surface area contributed by atoms with Crippen LogP contribution in [-0.2, 0) is 0 Å². The zero-order chi connectivity index (χ0) is 22.0. The SMILES string of the molecule is O=C(NN=Cc1ccc(-c2ccccc2)cc1)N/N=C/c1ccc(-c2ccccc2)cc1. The van der Waals surface area contributed by atoms with E-state index in [1.165, 1.54) is 0 Å². The van der Waals surface area contributed by atoms with Gasteiger partial charge in [0.2, 0.25) is 0 Å². The Hall–Kier alpha value is -4.51. The third-order valence-electron chi connectivity index (χ3n) is 4.80. The number of nitrogens with zero attached hydrogens (tertiary/aromatic N) is 2. The van der Waals surface area contributed by atoms with Crippen molar-refractivity contribution in [2.45, 2.75) is 0 Å². The highest BCUT2D eigenvalue weighted by Gasteiger charge is 1.98. The zero-order valence-electron chi connectivity index (χ0n) is 17.3. The molecule has 0 atom stereocenters. The maximum atomic E-state index is 11.9. The van der Waals surface area contributed by atoms with Crippen LogP contribution in [0.15, 0.2) is 119 Å². The van der Waals surface area contributed by atoms with E-state index in [9.17, 15) is 4.79 Å². The first-order valence-corrected chi connectivity index (χ1v) is 10.2. The van der Waals surface area contributed by atoms with Gasteiger partial charge in [-0.25, -0.2) is 15.6 Å². The predicted octanol–water partition coefficient (Wildman–Crippen LogP) is 5.69. The van der Waals surface area contributed by atoms with Crippen LogP contribution in [-0.4, -0.2) is 18.5 Å². The van der Waals surface area contributed by atoms with Crippen molar-refractivity contribution < 1.29 is 4.79 Å². The molecule has 0 heterocycles. The molecule has 0 aromatic heterocycles. The van der Waals surface area contributed by atoms with Gasteiger partial charge in [0.1, 0.15) is 0 Å². The molecule has 0 radical (unpaired) electrons. The quantitative estimate of drug-likeness (QED) is 0.307. The van der Waals surface area contributed by atoms with Crippen molar-refractivity contribution in [2.75, 3.05) is 0 Å². The summed E-state index contributed by atoms with van der Waals surface area (Å²) in [6.45, 7) is 0. The van der Waals surface area contributed by atoms with Gasteiger partial charge in [-0.1, -0.05) is 109 Å². The topological polar surface area (TPSA) is 65.8 Å². The van der Waals surface area contributed by atoms with E-state index in [1.54, 1.807) is 12.4 Å². The summed E-state index contributed by atoms with van der Waals surface area (Å²) in [5.74, 6) is 0. The van der Waals surface area contributed by atoms with Gasteiger partial charge in [0, 0.05) is 0 Å².